The number of rotatable bonds is 4. The van der Waals surface area contributed by atoms with Crippen LogP contribution in [0.1, 0.15) is 19.9 Å². The quantitative estimate of drug-likeness (QED) is 0.832. The van der Waals surface area contributed by atoms with Crippen LogP contribution in [0.15, 0.2) is 12.4 Å². The minimum atomic E-state index is -0.989. The third-order valence-corrected chi connectivity index (χ3v) is 1.47. The van der Waals surface area contributed by atoms with Crippen LogP contribution in [-0.2, 0) is 4.79 Å². The molecule has 0 saturated carbocycles. The standard InChI is InChI=1S/C8H12N2O3.ClH/c1-6(2)10-4-7(3-9-10)13-5-8(11)12;/h3-4,6H,5H2,1-2H3,(H,11,12);1H. The lowest BCUT2D eigenvalue weighted by Gasteiger charge is -2.02. The molecule has 0 fully saturated rings. The van der Waals surface area contributed by atoms with E-state index in [1.54, 1.807) is 10.9 Å². The maximum atomic E-state index is 10.2. The van der Waals surface area contributed by atoms with Crippen molar-refractivity contribution in [2.75, 3.05) is 6.61 Å². The number of carboxylic acids is 1. The SMILES string of the molecule is CC(C)n1cc(OCC(=O)O)cn1.Cl. The molecule has 0 atom stereocenters. The van der Waals surface area contributed by atoms with Gasteiger partial charge in [-0.1, -0.05) is 0 Å². The predicted octanol–water partition coefficient (Wildman–Crippen LogP) is 1.35. The number of carboxylic acid groups (broad SMARTS) is 1. The van der Waals surface area contributed by atoms with Gasteiger partial charge in [-0.15, -0.1) is 12.4 Å². The van der Waals surface area contributed by atoms with Crippen molar-refractivity contribution in [3.8, 4) is 5.75 Å². The maximum Gasteiger partial charge on any atom is 0.341 e. The van der Waals surface area contributed by atoms with Gasteiger partial charge in [0.25, 0.3) is 0 Å². The lowest BCUT2D eigenvalue weighted by atomic mass is 10.4. The molecule has 1 aromatic rings. The Morgan fingerprint density at radius 2 is 2.36 bits per heavy atom. The summed E-state index contributed by atoms with van der Waals surface area (Å²) in [6.45, 7) is 3.63. The van der Waals surface area contributed by atoms with Gasteiger partial charge in [-0.05, 0) is 13.8 Å². The zero-order valence-corrected chi connectivity index (χ0v) is 8.82. The highest BCUT2D eigenvalue weighted by molar-refractivity contribution is 5.85. The lowest BCUT2D eigenvalue weighted by Crippen LogP contribution is -2.09. The first-order valence-corrected chi connectivity index (χ1v) is 3.98. The molecular formula is C8H13ClN2O3. The average Bonchev–Trinajstić information content (AvgIpc) is 2.48. The molecule has 0 aliphatic rings. The molecule has 0 aromatic carbocycles. The van der Waals surface area contributed by atoms with Crippen LogP contribution < -0.4 is 4.74 Å². The number of hydrogen-bond donors (Lipinski definition) is 1. The number of nitrogens with zero attached hydrogens (tertiary/aromatic N) is 2. The molecule has 1 aromatic heterocycles. The van der Waals surface area contributed by atoms with Crippen LogP contribution >= 0.6 is 12.4 Å². The van der Waals surface area contributed by atoms with E-state index < -0.39 is 5.97 Å². The summed E-state index contributed by atoms with van der Waals surface area (Å²) >= 11 is 0. The van der Waals surface area contributed by atoms with E-state index in [1.807, 2.05) is 13.8 Å². The van der Waals surface area contributed by atoms with Crippen LogP contribution in [0.2, 0.25) is 0 Å². The van der Waals surface area contributed by atoms with Gasteiger partial charge in [-0.3, -0.25) is 4.68 Å². The Bertz CT molecular complexity index is 299. The van der Waals surface area contributed by atoms with E-state index in [2.05, 4.69) is 5.10 Å². The monoisotopic (exact) mass is 220 g/mol. The molecule has 1 rings (SSSR count). The summed E-state index contributed by atoms with van der Waals surface area (Å²) in [6, 6.07) is 0.252. The third kappa shape index (κ3) is 3.66. The lowest BCUT2D eigenvalue weighted by molar-refractivity contribution is -0.139. The predicted molar refractivity (Wildman–Crippen MR) is 53.0 cm³/mol. The summed E-state index contributed by atoms with van der Waals surface area (Å²) < 4.78 is 6.62. The second kappa shape index (κ2) is 5.49. The first-order chi connectivity index (χ1) is 6.09. The van der Waals surface area contributed by atoms with Gasteiger partial charge in [0.05, 0.1) is 12.4 Å². The zero-order valence-electron chi connectivity index (χ0n) is 8.01. The molecule has 0 aliphatic carbocycles. The van der Waals surface area contributed by atoms with Gasteiger partial charge in [-0.25, -0.2) is 4.79 Å². The van der Waals surface area contributed by atoms with Crippen molar-refractivity contribution in [3.05, 3.63) is 12.4 Å². The molecule has 6 heteroatoms. The third-order valence-electron chi connectivity index (χ3n) is 1.47. The summed E-state index contributed by atoms with van der Waals surface area (Å²) in [5, 5.41) is 12.3. The highest BCUT2D eigenvalue weighted by Crippen LogP contribution is 2.11. The first-order valence-electron chi connectivity index (χ1n) is 3.98. The van der Waals surface area contributed by atoms with E-state index in [1.165, 1.54) is 6.20 Å². The van der Waals surface area contributed by atoms with E-state index in [4.69, 9.17) is 9.84 Å². The molecule has 1 N–H and O–H groups in total. The number of aromatic nitrogens is 2. The maximum absolute atomic E-state index is 10.2. The highest BCUT2D eigenvalue weighted by Gasteiger charge is 2.03. The molecule has 5 nitrogen and oxygen atoms in total. The van der Waals surface area contributed by atoms with Crippen molar-refractivity contribution in [3.63, 3.8) is 0 Å². The molecule has 0 bridgehead atoms. The smallest absolute Gasteiger partial charge is 0.341 e. The Labute approximate surface area is 88.1 Å². The molecule has 1 heterocycles. The van der Waals surface area contributed by atoms with E-state index >= 15 is 0 Å². The van der Waals surface area contributed by atoms with Gasteiger partial charge in [0.1, 0.15) is 0 Å². The van der Waals surface area contributed by atoms with E-state index in [0.717, 1.165) is 0 Å². The normalized spacial score (nSPS) is 9.64. The molecular weight excluding hydrogens is 208 g/mol. The molecule has 80 valence electrons. The van der Waals surface area contributed by atoms with Gasteiger partial charge in [0.2, 0.25) is 0 Å². The van der Waals surface area contributed by atoms with Gasteiger partial charge in [0, 0.05) is 6.04 Å². The fourth-order valence-corrected chi connectivity index (χ4v) is 0.823. The summed E-state index contributed by atoms with van der Waals surface area (Å²) in [5.41, 5.74) is 0. The van der Waals surface area contributed by atoms with Gasteiger partial charge < -0.3 is 9.84 Å². The van der Waals surface area contributed by atoms with Crippen molar-refractivity contribution >= 4 is 18.4 Å². The number of ether oxygens (including phenoxy) is 1. The van der Waals surface area contributed by atoms with Crippen molar-refractivity contribution in [1.82, 2.24) is 9.78 Å². The minimum Gasteiger partial charge on any atom is -0.479 e. The minimum absolute atomic E-state index is 0. The van der Waals surface area contributed by atoms with Crippen molar-refractivity contribution < 1.29 is 14.6 Å². The van der Waals surface area contributed by atoms with Crippen LogP contribution in [0, 0.1) is 0 Å². The Morgan fingerprint density at radius 1 is 1.71 bits per heavy atom. The largest absolute Gasteiger partial charge is 0.479 e. The number of hydrogen-bond acceptors (Lipinski definition) is 3. The van der Waals surface area contributed by atoms with Crippen LogP contribution in [0.25, 0.3) is 0 Å². The van der Waals surface area contributed by atoms with Gasteiger partial charge in [0.15, 0.2) is 12.4 Å². The second-order valence-electron chi connectivity index (χ2n) is 2.93. The molecule has 0 aliphatic heterocycles. The van der Waals surface area contributed by atoms with E-state index in [9.17, 15) is 4.79 Å². The fourth-order valence-electron chi connectivity index (χ4n) is 0.823. The summed E-state index contributed by atoms with van der Waals surface area (Å²) in [5.74, 6) is -0.506. The molecule has 0 radical (unpaired) electrons. The Morgan fingerprint density at radius 3 is 2.79 bits per heavy atom. The highest BCUT2D eigenvalue weighted by atomic mass is 35.5. The Balaban J connectivity index is 0.00000169. The summed E-state index contributed by atoms with van der Waals surface area (Å²) in [4.78, 5) is 10.2. The molecule has 14 heavy (non-hydrogen) atoms. The Kier molecular flexibility index (Phi) is 5.01. The second-order valence-corrected chi connectivity index (χ2v) is 2.93. The average molecular weight is 221 g/mol. The number of aliphatic carboxylic acids is 1. The van der Waals surface area contributed by atoms with E-state index in [0.29, 0.717) is 5.75 Å². The van der Waals surface area contributed by atoms with Crippen LogP contribution in [0.5, 0.6) is 5.75 Å². The van der Waals surface area contributed by atoms with Crippen molar-refractivity contribution in [2.24, 2.45) is 0 Å². The van der Waals surface area contributed by atoms with Crippen molar-refractivity contribution in [1.29, 1.82) is 0 Å². The van der Waals surface area contributed by atoms with Gasteiger partial charge in [-0.2, -0.15) is 5.10 Å². The van der Waals surface area contributed by atoms with Crippen LogP contribution in [0.3, 0.4) is 0 Å². The summed E-state index contributed by atoms with van der Waals surface area (Å²) in [6.07, 6.45) is 3.18. The zero-order chi connectivity index (χ0) is 9.84. The first kappa shape index (κ1) is 12.8. The Hall–Kier alpha value is -1.23. The molecule has 0 amide bonds. The molecule has 0 unspecified atom stereocenters. The number of halogens is 1. The van der Waals surface area contributed by atoms with Gasteiger partial charge >= 0.3 is 5.97 Å². The molecule has 0 spiro atoms. The van der Waals surface area contributed by atoms with E-state index in [-0.39, 0.29) is 25.1 Å². The van der Waals surface area contributed by atoms with Crippen LogP contribution in [-0.4, -0.2) is 27.5 Å². The summed E-state index contributed by atoms with van der Waals surface area (Å²) in [7, 11) is 0. The van der Waals surface area contributed by atoms with Crippen molar-refractivity contribution in [2.45, 2.75) is 19.9 Å². The number of carbonyl (C=O) groups is 1. The topological polar surface area (TPSA) is 64.3 Å². The molecule has 0 saturated heterocycles. The fraction of sp³-hybridized carbons (Fsp3) is 0.500. The van der Waals surface area contributed by atoms with Crippen LogP contribution in [0.4, 0.5) is 0 Å².